The first-order valence-corrected chi connectivity index (χ1v) is 11.6. The lowest BCUT2D eigenvalue weighted by Crippen LogP contribution is -2.42. The van der Waals surface area contributed by atoms with Crippen LogP contribution in [0.1, 0.15) is 31.7 Å². The van der Waals surface area contributed by atoms with E-state index >= 15 is 0 Å². The number of nitrogens with zero attached hydrogens (tertiary/aromatic N) is 4. The molecule has 164 valence electrons. The molecule has 3 aromatic rings. The van der Waals surface area contributed by atoms with Gasteiger partial charge in [-0.05, 0) is 30.9 Å². The lowest BCUT2D eigenvalue weighted by Gasteiger charge is -2.12. The Morgan fingerprint density at radius 3 is 2.65 bits per heavy atom. The average molecular weight is 462 g/mol. The van der Waals surface area contributed by atoms with E-state index in [1.807, 2.05) is 25.1 Å². The molecule has 0 saturated carbocycles. The highest BCUT2D eigenvalue weighted by atomic mass is 35.5. The molecule has 1 saturated heterocycles. The number of anilines is 1. The van der Waals surface area contributed by atoms with Crippen LogP contribution in [0.4, 0.5) is 5.13 Å². The first-order valence-electron chi connectivity index (χ1n) is 10.4. The van der Waals surface area contributed by atoms with Crippen molar-refractivity contribution >= 4 is 44.3 Å². The molecule has 10 heteroatoms. The number of fused-ring (bicyclic) bond motifs is 1. The molecule has 0 atom stereocenters. The van der Waals surface area contributed by atoms with Gasteiger partial charge in [-0.15, -0.1) is 0 Å². The molecule has 31 heavy (non-hydrogen) atoms. The Balaban J connectivity index is 1.67. The molecule has 0 spiro atoms. The molecule has 1 N–H and O–H groups in total. The molecule has 0 bridgehead atoms. The van der Waals surface area contributed by atoms with Gasteiger partial charge in [0.05, 0.1) is 0 Å². The van der Waals surface area contributed by atoms with Gasteiger partial charge in [-0.25, -0.2) is 9.78 Å². The summed E-state index contributed by atoms with van der Waals surface area (Å²) in [5.74, 6) is -0.347. The molecule has 1 aliphatic rings. The largest absolute Gasteiger partial charge is 0.350 e. The zero-order valence-corrected chi connectivity index (χ0v) is 18.8. The van der Waals surface area contributed by atoms with Gasteiger partial charge >= 0.3 is 5.69 Å². The van der Waals surface area contributed by atoms with E-state index in [4.69, 9.17) is 11.6 Å². The van der Waals surface area contributed by atoms with Crippen molar-refractivity contribution in [1.29, 1.82) is 0 Å². The summed E-state index contributed by atoms with van der Waals surface area (Å²) in [4.78, 5) is 45.4. The summed E-state index contributed by atoms with van der Waals surface area (Å²) in [6, 6.07) is 7.25. The van der Waals surface area contributed by atoms with Gasteiger partial charge in [0.2, 0.25) is 5.91 Å². The van der Waals surface area contributed by atoms with Crippen LogP contribution in [0.25, 0.3) is 10.3 Å². The Hall–Kier alpha value is -2.65. The number of hydrogen-bond acceptors (Lipinski definition) is 6. The van der Waals surface area contributed by atoms with Gasteiger partial charge in [0.25, 0.3) is 5.56 Å². The Labute approximate surface area is 188 Å². The quantitative estimate of drug-likeness (QED) is 0.584. The fraction of sp³-hybridized carbons (Fsp3) is 0.429. The maximum atomic E-state index is 13.1. The third-order valence-corrected chi connectivity index (χ3v) is 6.78. The zero-order chi connectivity index (χ0) is 22.0. The number of amides is 1. The third-order valence-electron chi connectivity index (χ3n) is 5.31. The summed E-state index contributed by atoms with van der Waals surface area (Å²) >= 11 is 7.45. The summed E-state index contributed by atoms with van der Waals surface area (Å²) in [7, 11) is 0. The van der Waals surface area contributed by atoms with Gasteiger partial charge in [-0.3, -0.25) is 18.7 Å². The Kier molecular flexibility index (Phi) is 6.43. The number of thiazole rings is 1. The van der Waals surface area contributed by atoms with E-state index in [1.165, 1.54) is 20.5 Å². The average Bonchev–Trinajstić information content (AvgIpc) is 3.44. The summed E-state index contributed by atoms with van der Waals surface area (Å²) in [6.07, 6.45) is 2.79. The minimum absolute atomic E-state index is 0.215. The standard InChI is InChI=1S/C21H24ClN5O3S/c1-2-9-26-19(29)17-18(24-20(31-17)25-10-5-6-11-25)27(21(26)30)13-16(28)23-12-14-7-3-4-8-15(14)22/h3-4,7-8H,2,5-6,9-13H2,1H3,(H,23,28). The van der Waals surface area contributed by atoms with Gasteiger partial charge in [0.15, 0.2) is 10.8 Å². The van der Waals surface area contributed by atoms with Crippen molar-refractivity contribution in [2.75, 3.05) is 18.0 Å². The molecular formula is C21H24ClN5O3S. The van der Waals surface area contributed by atoms with Crippen molar-refractivity contribution in [2.24, 2.45) is 0 Å². The van der Waals surface area contributed by atoms with Crippen LogP contribution in [0.3, 0.4) is 0 Å². The number of halogens is 1. The van der Waals surface area contributed by atoms with Crippen molar-refractivity contribution in [3.8, 4) is 0 Å². The van der Waals surface area contributed by atoms with Crippen molar-refractivity contribution < 1.29 is 4.79 Å². The smallest absolute Gasteiger partial charge is 0.333 e. The Morgan fingerprint density at radius 1 is 1.19 bits per heavy atom. The number of aromatic nitrogens is 3. The van der Waals surface area contributed by atoms with Crippen LogP contribution in [0, 0.1) is 0 Å². The van der Waals surface area contributed by atoms with Crippen LogP contribution in [-0.2, 0) is 24.4 Å². The van der Waals surface area contributed by atoms with Gasteiger partial charge in [0, 0.05) is 31.2 Å². The van der Waals surface area contributed by atoms with E-state index in [0.717, 1.165) is 36.6 Å². The highest BCUT2D eigenvalue weighted by Crippen LogP contribution is 2.28. The molecular weight excluding hydrogens is 438 g/mol. The minimum Gasteiger partial charge on any atom is -0.350 e. The minimum atomic E-state index is -0.509. The number of benzene rings is 1. The SMILES string of the molecule is CCCn1c(=O)c2sc(N3CCCC3)nc2n(CC(=O)NCc2ccccc2Cl)c1=O. The predicted octanol–water partition coefficient (Wildman–Crippen LogP) is 2.60. The second-order valence-corrected chi connectivity index (χ2v) is 8.92. The second kappa shape index (κ2) is 9.23. The summed E-state index contributed by atoms with van der Waals surface area (Å²) < 4.78 is 2.92. The van der Waals surface area contributed by atoms with E-state index in [9.17, 15) is 14.4 Å². The first-order chi connectivity index (χ1) is 15.0. The number of hydrogen-bond donors (Lipinski definition) is 1. The molecule has 0 radical (unpaired) electrons. The van der Waals surface area contributed by atoms with Crippen LogP contribution < -0.4 is 21.5 Å². The van der Waals surface area contributed by atoms with Crippen molar-refractivity contribution in [1.82, 2.24) is 19.4 Å². The van der Waals surface area contributed by atoms with Crippen LogP contribution in [0.2, 0.25) is 5.02 Å². The number of nitrogens with one attached hydrogen (secondary N) is 1. The maximum absolute atomic E-state index is 13.1. The van der Waals surface area contributed by atoms with Crippen molar-refractivity contribution in [2.45, 2.75) is 45.8 Å². The predicted molar refractivity (Wildman–Crippen MR) is 123 cm³/mol. The van der Waals surface area contributed by atoms with Gasteiger partial charge in [-0.1, -0.05) is 48.1 Å². The number of rotatable bonds is 7. The summed E-state index contributed by atoms with van der Waals surface area (Å²) in [6.45, 7) is 4.00. The summed E-state index contributed by atoms with van der Waals surface area (Å²) in [5.41, 5.74) is 0.223. The topological polar surface area (TPSA) is 89.2 Å². The third kappa shape index (κ3) is 4.38. The lowest BCUT2D eigenvalue weighted by atomic mass is 10.2. The molecule has 2 aromatic heterocycles. The Morgan fingerprint density at radius 2 is 1.94 bits per heavy atom. The number of carbonyl (C=O) groups excluding carboxylic acids is 1. The zero-order valence-electron chi connectivity index (χ0n) is 17.3. The first kappa shape index (κ1) is 21.6. The molecule has 0 aliphatic carbocycles. The normalized spacial score (nSPS) is 13.8. The van der Waals surface area contributed by atoms with E-state index in [2.05, 4.69) is 15.2 Å². The molecule has 1 aliphatic heterocycles. The van der Waals surface area contributed by atoms with Crippen LogP contribution in [0.5, 0.6) is 0 Å². The van der Waals surface area contributed by atoms with Gasteiger partial charge in [0.1, 0.15) is 11.2 Å². The van der Waals surface area contributed by atoms with Crippen LogP contribution >= 0.6 is 22.9 Å². The van der Waals surface area contributed by atoms with E-state index in [1.54, 1.807) is 6.07 Å². The molecule has 1 amide bonds. The molecule has 1 fully saturated rings. The van der Waals surface area contributed by atoms with E-state index in [0.29, 0.717) is 22.7 Å². The highest BCUT2D eigenvalue weighted by molar-refractivity contribution is 7.22. The second-order valence-electron chi connectivity index (χ2n) is 7.54. The summed E-state index contributed by atoms with van der Waals surface area (Å²) in [5, 5.41) is 4.09. The Bertz CT molecular complexity index is 1230. The molecule has 1 aromatic carbocycles. The van der Waals surface area contributed by atoms with Crippen LogP contribution in [-0.4, -0.2) is 33.1 Å². The highest BCUT2D eigenvalue weighted by Gasteiger charge is 2.23. The van der Waals surface area contributed by atoms with Gasteiger partial charge < -0.3 is 10.2 Å². The lowest BCUT2D eigenvalue weighted by molar-refractivity contribution is -0.121. The molecule has 0 unspecified atom stereocenters. The maximum Gasteiger partial charge on any atom is 0.333 e. The molecule has 8 nitrogen and oxygen atoms in total. The molecule has 4 rings (SSSR count). The fourth-order valence-corrected chi connectivity index (χ4v) is 4.98. The van der Waals surface area contributed by atoms with Gasteiger partial charge in [-0.2, -0.15) is 0 Å². The monoisotopic (exact) mass is 461 g/mol. The number of carbonyl (C=O) groups is 1. The van der Waals surface area contributed by atoms with Crippen molar-refractivity contribution in [3.63, 3.8) is 0 Å². The molecule has 3 heterocycles. The fourth-order valence-electron chi connectivity index (χ4n) is 3.71. The van der Waals surface area contributed by atoms with E-state index in [-0.39, 0.29) is 30.2 Å². The van der Waals surface area contributed by atoms with Crippen molar-refractivity contribution in [3.05, 3.63) is 55.7 Å². The van der Waals surface area contributed by atoms with E-state index < -0.39 is 5.69 Å². The van der Waals surface area contributed by atoms with Crippen LogP contribution in [0.15, 0.2) is 33.9 Å².